The molecule has 1 fully saturated rings. The molecule has 1 aliphatic heterocycles. The predicted molar refractivity (Wildman–Crippen MR) is 109 cm³/mol. The summed E-state index contributed by atoms with van der Waals surface area (Å²) in [6.45, 7) is 0.848. The van der Waals surface area contributed by atoms with Gasteiger partial charge in [0.15, 0.2) is 11.6 Å². The molecule has 0 saturated carbocycles. The molecule has 2 heterocycles. The van der Waals surface area contributed by atoms with Crippen LogP contribution in [0.15, 0.2) is 35.4 Å². The minimum absolute atomic E-state index is 0.00655. The van der Waals surface area contributed by atoms with E-state index in [1.165, 1.54) is 41.3 Å². The molecule has 1 aromatic heterocycles. The Bertz CT molecular complexity index is 1090. The van der Waals surface area contributed by atoms with Crippen LogP contribution in [0.4, 0.5) is 8.78 Å². The van der Waals surface area contributed by atoms with E-state index in [4.69, 9.17) is 0 Å². The Labute approximate surface area is 179 Å². The number of benzene rings is 1. The Hall–Kier alpha value is -2.79. The average molecular weight is 454 g/mol. The molecule has 1 atom stereocenters. The SMILES string of the molecule is CNC(=O)C(NC(=O)c1cc(S(=O)(=O)N2CCCCC2)cn1C)c1ccc(F)c(F)c1. The van der Waals surface area contributed by atoms with Gasteiger partial charge < -0.3 is 15.2 Å². The van der Waals surface area contributed by atoms with Crippen LogP contribution in [0.1, 0.15) is 41.4 Å². The molecule has 1 unspecified atom stereocenters. The maximum absolute atomic E-state index is 13.6. The van der Waals surface area contributed by atoms with E-state index in [-0.39, 0.29) is 16.2 Å². The lowest BCUT2D eigenvalue weighted by Gasteiger charge is -2.25. The van der Waals surface area contributed by atoms with E-state index in [1.807, 2.05) is 0 Å². The topological polar surface area (TPSA) is 101 Å². The second kappa shape index (κ2) is 9.15. The maximum atomic E-state index is 13.6. The molecule has 168 valence electrons. The minimum atomic E-state index is -3.75. The number of carbonyl (C=O) groups excluding carboxylic acids is 2. The predicted octanol–water partition coefficient (Wildman–Crippen LogP) is 1.69. The first-order valence-electron chi connectivity index (χ1n) is 9.79. The van der Waals surface area contributed by atoms with Crippen LogP contribution in [0.2, 0.25) is 0 Å². The van der Waals surface area contributed by atoms with Crippen molar-refractivity contribution in [3.05, 3.63) is 53.4 Å². The minimum Gasteiger partial charge on any atom is -0.357 e. The van der Waals surface area contributed by atoms with Crippen molar-refractivity contribution in [2.75, 3.05) is 20.1 Å². The number of likely N-dealkylation sites (N-methyl/N-ethyl adjacent to an activating group) is 1. The molecule has 2 aromatic rings. The van der Waals surface area contributed by atoms with Crippen molar-refractivity contribution in [2.45, 2.75) is 30.2 Å². The van der Waals surface area contributed by atoms with Gasteiger partial charge >= 0.3 is 0 Å². The van der Waals surface area contributed by atoms with E-state index in [1.54, 1.807) is 0 Å². The highest BCUT2D eigenvalue weighted by atomic mass is 32.2. The summed E-state index contributed by atoms with van der Waals surface area (Å²) >= 11 is 0. The van der Waals surface area contributed by atoms with Gasteiger partial charge in [0.05, 0.1) is 0 Å². The molecule has 0 aliphatic carbocycles. The highest BCUT2D eigenvalue weighted by molar-refractivity contribution is 7.89. The number of nitrogens with one attached hydrogen (secondary N) is 2. The standard InChI is InChI=1S/C20H24F2N4O4S/c1-23-20(28)18(13-6-7-15(21)16(22)10-13)24-19(27)17-11-14(12-25(17)2)31(29,30)26-8-4-3-5-9-26/h6-7,10-12,18H,3-5,8-9H2,1-2H3,(H,23,28)(H,24,27). The van der Waals surface area contributed by atoms with Crippen LogP contribution in [0.3, 0.4) is 0 Å². The molecule has 11 heteroatoms. The fraction of sp³-hybridized carbons (Fsp3) is 0.400. The maximum Gasteiger partial charge on any atom is 0.268 e. The second-order valence-corrected chi connectivity index (χ2v) is 9.27. The number of sulfonamides is 1. The van der Waals surface area contributed by atoms with Gasteiger partial charge in [-0.15, -0.1) is 0 Å². The summed E-state index contributed by atoms with van der Waals surface area (Å²) in [7, 11) is -0.896. The van der Waals surface area contributed by atoms with Crippen LogP contribution in [-0.2, 0) is 21.9 Å². The van der Waals surface area contributed by atoms with Gasteiger partial charge in [0, 0.05) is 33.4 Å². The molecule has 0 radical (unpaired) electrons. The molecule has 3 rings (SSSR count). The van der Waals surface area contributed by atoms with Crippen molar-refractivity contribution in [3.8, 4) is 0 Å². The highest BCUT2D eigenvalue weighted by Gasteiger charge is 2.30. The van der Waals surface area contributed by atoms with Crippen molar-refractivity contribution in [1.29, 1.82) is 0 Å². The van der Waals surface area contributed by atoms with E-state index in [0.717, 1.165) is 31.4 Å². The van der Waals surface area contributed by atoms with Gasteiger partial charge in [0.2, 0.25) is 15.9 Å². The van der Waals surface area contributed by atoms with Crippen molar-refractivity contribution in [3.63, 3.8) is 0 Å². The Morgan fingerprint density at radius 1 is 1.06 bits per heavy atom. The fourth-order valence-electron chi connectivity index (χ4n) is 3.50. The smallest absolute Gasteiger partial charge is 0.268 e. The monoisotopic (exact) mass is 454 g/mol. The zero-order valence-electron chi connectivity index (χ0n) is 17.2. The zero-order chi connectivity index (χ0) is 22.8. The van der Waals surface area contributed by atoms with Crippen molar-refractivity contribution in [2.24, 2.45) is 7.05 Å². The number of nitrogens with zero attached hydrogens (tertiary/aromatic N) is 2. The molecule has 1 aromatic carbocycles. The average Bonchev–Trinajstić information content (AvgIpc) is 3.16. The van der Waals surface area contributed by atoms with Gasteiger partial charge in [-0.3, -0.25) is 9.59 Å². The summed E-state index contributed by atoms with van der Waals surface area (Å²) in [5, 5.41) is 4.83. The van der Waals surface area contributed by atoms with Crippen LogP contribution in [0.25, 0.3) is 0 Å². The van der Waals surface area contributed by atoms with E-state index in [9.17, 15) is 26.8 Å². The van der Waals surface area contributed by atoms with Crippen LogP contribution < -0.4 is 10.6 Å². The number of hydrogen-bond acceptors (Lipinski definition) is 4. The van der Waals surface area contributed by atoms with E-state index in [2.05, 4.69) is 10.6 Å². The summed E-state index contributed by atoms with van der Waals surface area (Å²) < 4.78 is 55.4. The molecular weight excluding hydrogens is 430 g/mol. The number of piperidine rings is 1. The summed E-state index contributed by atoms with van der Waals surface area (Å²) in [6.07, 6.45) is 3.87. The van der Waals surface area contributed by atoms with Gasteiger partial charge in [0.25, 0.3) is 5.91 Å². The Morgan fingerprint density at radius 2 is 1.74 bits per heavy atom. The molecule has 0 bridgehead atoms. The number of aromatic nitrogens is 1. The lowest BCUT2D eigenvalue weighted by atomic mass is 10.1. The number of carbonyl (C=O) groups is 2. The fourth-order valence-corrected chi connectivity index (χ4v) is 5.09. The lowest BCUT2D eigenvalue weighted by Crippen LogP contribution is -2.39. The number of amides is 2. The number of hydrogen-bond donors (Lipinski definition) is 2. The summed E-state index contributed by atoms with van der Waals surface area (Å²) in [5.74, 6) is -3.62. The Balaban J connectivity index is 1.87. The first-order valence-corrected chi connectivity index (χ1v) is 11.2. The van der Waals surface area contributed by atoms with E-state index >= 15 is 0 Å². The van der Waals surface area contributed by atoms with Crippen LogP contribution in [0.5, 0.6) is 0 Å². The van der Waals surface area contributed by atoms with Crippen molar-refractivity contribution in [1.82, 2.24) is 19.5 Å². The first-order chi connectivity index (χ1) is 14.6. The quantitative estimate of drug-likeness (QED) is 0.694. The summed E-state index contributed by atoms with van der Waals surface area (Å²) in [4.78, 5) is 25.1. The summed E-state index contributed by atoms with van der Waals surface area (Å²) in [6, 6.07) is 2.82. The van der Waals surface area contributed by atoms with Gasteiger partial charge in [-0.1, -0.05) is 12.5 Å². The third kappa shape index (κ3) is 4.77. The zero-order valence-corrected chi connectivity index (χ0v) is 18.0. The molecule has 1 saturated heterocycles. The number of rotatable bonds is 6. The molecule has 8 nitrogen and oxygen atoms in total. The number of halogens is 2. The largest absolute Gasteiger partial charge is 0.357 e. The van der Waals surface area contributed by atoms with Gasteiger partial charge in [-0.25, -0.2) is 17.2 Å². The molecule has 2 N–H and O–H groups in total. The van der Waals surface area contributed by atoms with Gasteiger partial charge in [-0.2, -0.15) is 4.31 Å². The molecule has 1 aliphatic rings. The Kier molecular flexibility index (Phi) is 6.75. The normalized spacial score (nSPS) is 16.0. The first kappa shape index (κ1) is 22.9. The van der Waals surface area contributed by atoms with Gasteiger partial charge in [0.1, 0.15) is 16.6 Å². The second-order valence-electron chi connectivity index (χ2n) is 7.33. The van der Waals surface area contributed by atoms with Gasteiger partial charge in [-0.05, 0) is 36.6 Å². The third-order valence-corrected chi connectivity index (χ3v) is 7.09. The van der Waals surface area contributed by atoms with Crippen LogP contribution in [0, 0.1) is 11.6 Å². The van der Waals surface area contributed by atoms with Crippen molar-refractivity contribution >= 4 is 21.8 Å². The molecule has 31 heavy (non-hydrogen) atoms. The molecule has 0 spiro atoms. The Morgan fingerprint density at radius 3 is 2.35 bits per heavy atom. The van der Waals surface area contributed by atoms with Crippen molar-refractivity contribution < 1.29 is 26.8 Å². The lowest BCUT2D eigenvalue weighted by molar-refractivity contribution is -0.122. The van der Waals surface area contributed by atoms with Crippen LogP contribution in [-0.4, -0.2) is 49.2 Å². The molecular formula is C20H24F2N4O4S. The molecule has 2 amide bonds. The number of aryl methyl sites for hydroxylation is 1. The highest BCUT2D eigenvalue weighted by Crippen LogP contribution is 2.23. The van der Waals surface area contributed by atoms with E-state index < -0.39 is 39.5 Å². The van der Waals surface area contributed by atoms with Crippen LogP contribution >= 0.6 is 0 Å². The third-order valence-electron chi connectivity index (χ3n) is 5.23. The summed E-state index contributed by atoms with van der Waals surface area (Å²) in [5.41, 5.74) is 0.0500. The van der Waals surface area contributed by atoms with E-state index in [0.29, 0.717) is 13.1 Å².